The standard InChI is InChI=1S/C50H34O/c1-49(2)41-19-9-10-21-45(41)51-46-29-27-34(30-44(46)49)31-22-24-33(25-23-31)36-16-11-20-42-47(36)37-14-5-7-17-39(37)50(42)40-18-8-6-15-38(40)48-35-13-4-3-12-32(35)26-28-43(48)50/h3-30H,1-2H3. The number of rotatable bonds is 2. The summed E-state index contributed by atoms with van der Waals surface area (Å²) in [5, 5.41) is 2.60. The van der Waals surface area contributed by atoms with Crippen molar-refractivity contribution >= 4 is 10.8 Å². The van der Waals surface area contributed by atoms with E-state index in [0.717, 1.165) is 11.5 Å². The zero-order chi connectivity index (χ0) is 33.9. The summed E-state index contributed by atoms with van der Waals surface area (Å²) in [5.74, 6) is 1.89. The lowest BCUT2D eigenvalue weighted by molar-refractivity contribution is 0.418. The molecule has 1 heterocycles. The number of hydrogen-bond donors (Lipinski definition) is 0. The van der Waals surface area contributed by atoms with Gasteiger partial charge in [0.05, 0.1) is 5.41 Å². The Morgan fingerprint density at radius 2 is 0.941 bits per heavy atom. The fourth-order valence-electron chi connectivity index (χ4n) is 9.66. The Hall–Kier alpha value is -6.18. The van der Waals surface area contributed by atoms with E-state index < -0.39 is 0 Å². The first-order valence-electron chi connectivity index (χ1n) is 17.9. The van der Waals surface area contributed by atoms with E-state index in [2.05, 4.69) is 178 Å². The van der Waals surface area contributed by atoms with Gasteiger partial charge in [0.1, 0.15) is 11.5 Å². The summed E-state index contributed by atoms with van der Waals surface area (Å²) in [6.07, 6.45) is 0. The Balaban J connectivity index is 1.07. The lowest BCUT2D eigenvalue weighted by atomic mass is 9.70. The first kappa shape index (κ1) is 28.6. The maximum absolute atomic E-state index is 6.36. The van der Waals surface area contributed by atoms with Crippen LogP contribution in [0.3, 0.4) is 0 Å². The number of fused-ring (bicyclic) bond motifs is 14. The van der Waals surface area contributed by atoms with Gasteiger partial charge in [-0.15, -0.1) is 0 Å². The van der Waals surface area contributed by atoms with Crippen molar-refractivity contribution in [2.45, 2.75) is 24.7 Å². The molecule has 8 aromatic rings. The third-order valence-corrected chi connectivity index (χ3v) is 12.0. The third kappa shape index (κ3) is 3.71. The van der Waals surface area contributed by atoms with Gasteiger partial charge in [0, 0.05) is 16.5 Å². The van der Waals surface area contributed by atoms with Crippen molar-refractivity contribution in [3.05, 3.63) is 203 Å². The number of hydrogen-bond acceptors (Lipinski definition) is 1. The highest BCUT2D eigenvalue weighted by Crippen LogP contribution is 2.64. The van der Waals surface area contributed by atoms with Crippen LogP contribution >= 0.6 is 0 Å². The van der Waals surface area contributed by atoms with E-state index in [4.69, 9.17) is 4.74 Å². The van der Waals surface area contributed by atoms with E-state index in [1.54, 1.807) is 0 Å². The quantitative estimate of drug-likeness (QED) is 0.181. The van der Waals surface area contributed by atoms with Crippen molar-refractivity contribution in [3.8, 4) is 56.0 Å². The van der Waals surface area contributed by atoms with Crippen LogP contribution in [-0.4, -0.2) is 0 Å². The molecule has 3 aliphatic rings. The van der Waals surface area contributed by atoms with Crippen LogP contribution in [0.4, 0.5) is 0 Å². The second kappa shape index (κ2) is 10.2. The molecule has 1 nitrogen and oxygen atoms in total. The van der Waals surface area contributed by atoms with E-state index in [-0.39, 0.29) is 10.8 Å². The predicted octanol–water partition coefficient (Wildman–Crippen LogP) is 12.9. The molecule has 0 aromatic heterocycles. The molecule has 1 spiro atoms. The van der Waals surface area contributed by atoms with Crippen molar-refractivity contribution in [3.63, 3.8) is 0 Å². The molecule has 0 radical (unpaired) electrons. The molecule has 8 aromatic carbocycles. The van der Waals surface area contributed by atoms with E-state index in [1.165, 1.54) is 88.7 Å². The summed E-state index contributed by atoms with van der Waals surface area (Å²) in [7, 11) is 0. The average molecular weight is 651 g/mol. The largest absolute Gasteiger partial charge is 0.457 e. The number of benzene rings is 8. The molecule has 11 rings (SSSR count). The molecule has 51 heavy (non-hydrogen) atoms. The average Bonchev–Trinajstić information content (AvgIpc) is 3.66. The first-order chi connectivity index (χ1) is 25.0. The summed E-state index contributed by atoms with van der Waals surface area (Å²) in [6.45, 7) is 4.59. The zero-order valence-corrected chi connectivity index (χ0v) is 28.6. The zero-order valence-electron chi connectivity index (χ0n) is 28.6. The van der Waals surface area contributed by atoms with Crippen LogP contribution < -0.4 is 4.74 Å². The minimum atomic E-state index is -0.380. The Bertz CT molecular complexity index is 2750. The lowest BCUT2D eigenvalue weighted by Crippen LogP contribution is -2.25. The minimum absolute atomic E-state index is 0.155. The van der Waals surface area contributed by atoms with E-state index in [9.17, 15) is 0 Å². The van der Waals surface area contributed by atoms with Gasteiger partial charge in [-0.3, -0.25) is 0 Å². The highest BCUT2D eigenvalue weighted by atomic mass is 16.5. The van der Waals surface area contributed by atoms with Gasteiger partial charge in [-0.2, -0.15) is 0 Å². The monoisotopic (exact) mass is 650 g/mol. The Morgan fingerprint density at radius 1 is 0.373 bits per heavy atom. The van der Waals surface area contributed by atoms with Crippen LogP contribution in [0.25, 0.3) is 55.3 Å². The molecule has 0 saturated carbocycles. The summed E-state index contributed by atoms with van der Waals surface area (Å²) in [4.78, 5) is 0. The molecule has 0 bridgehead atoms. The smallest absolute Gasteiger partial charge is 0.131 e. The van der Waals surface area contributed by atoms with Crippen LogP contribution in [-0.2, 0) is 10.8 Å². The lowest BCUT2D eigenvalue weighted by Gasteiger charge is -2.34. The van der Waals surface area contributed by atoms with Gasteiger partial charge in [0.15, 0.2) is 0 Å². The van der Waals surface area contributed by atoms with E-state index in [1.807, 2.05) is 6.07 Å². The van der Waals surface area contributed by atoms with Crippen LogP contribution in [0.2, 0.25) is 0 Å². The molecule has 1 unspecified atom stereocenters. The van der Waals surface area contributed by atoms with Gasteiger partial charge in [0.2, 0.25) is 0 Å². The molecule has 0 N–H and O–H groups in total. The Kier molecular flexibility index (Phi) is 5.72. The summed E-state index contributed by atoms with van der Waals surface area (Å²) < 4.78 is 6.36. The number of ether oxygens (including phenoxy) is 1. The highest BCUT2D eigenvalue weighted by Gasteiger charge is 2.52. The molecule has 1 heteroatoms. The van der Waals surface area contributed by atoms with Crippen LogP contribution in [0, 0.1) is 0 Å². The van der Waals surface area contributed by atoms with E-state index >= 15 is 0 Å². The van der Waals surface area contributed by atoms with Gasteiger partial charge < -0.3 is 4.74 Å². The molecule has 2 aliphatic carbocycles. The van der Waals surface area contributed by atoms with Crippen LogP contribution in [0.5, 0.6) is 11.5 Å². The van der Waals surface area contributed by atoms with Gasteiger partial charge >= 0.3 is 0 Å². The van der Waals surface area contributed by atoms with Gasteiger partial charge in [0.25, 0.3) is 0 Å². The molecule has 1 aliphatic heterocycles. The van der Waals surface area contributed by atoms with Crippen molar-refractivity contribution in [2.24, 2.45) is 0 Å². The fraction of sp³-hybridized carbons (Fsp3) is 0.0800. The van der Waals surface area contributed by atoms with Gasteiger partial charge in [-0.05, 0) is 95.7 Å². The molecule has 240 valence electrons. The molecular formula is C50H34O. The molecule has 0 amide bonds. The van der Waals surface area contributed by atoms with Gasteiger partial charge in [-0.25, -0.2) is 0 Å². The molecule has 0 saturated heterocycles. The van der Waals surface area contributed by atoms with Crippen molar-refractivity contribution in [1.82, 2.24) is 0 Å². The SMILES string of the molecule is CC1(C)c2ccccc2Oc2ccc(-c3ccc(-c4cccc5c4-c4ccccc4C54c5ccccc5-c5c4ccc4ccccc54)cc3)cc21. The number of para-hydroxylation sites is 1. The van der Waals surface area contributed by atoms with Crippen LogP contribution in [0.1, 0.15) is 47.2 Å². The third-order valence-electron chi connectivity index (χ3n) is 12.0. The second-order valence-electron chi connectivity index (χ2n) is 14.8. The minimum Gasteiger partial charge on any atom is -0.457 e. The van der Waals surface area contributed by atoms with Crippen molar-refractivity contribution in [1.29, 1.82) is 0 Å². The second-order valence-corrected chi connectivity index (χ2v) is 14.8. The van der Waals surface area contributed by atoms with E-state index in [0.29, 0.717) is 0 Å². The topological polar surface area (TPSA) is 9.23 Å². The normalized spacial score (nSPS) is 16.8. The Labute approximate surface area is 298 Å². The molecule has 1 atom stereocenters. The summed E-state index contributed by atoms with van der Waals surface area (Å²) >= 11 is 0. The summed E-state index contributed by atoms with van der Waals surface area (Å²) in [5.41, 5.74) is 17.6. The van der Waals surface area contributed by atoms with Crippen LogP contribution in [0.15, 0.2) is 170 Å². The molecule has 0 fully saturated rings. The fourth-order valence-corrected chi connectivity index (χ4v) is 9.66. The highest BCUT2D eigenvalue weighted by molar-refractivity contribution is 6.07. The first-order valence-corrected chi connectivity index (χ1v) is 17.9. The van der Waals surface area contributed by atoms with Crippen molar-refractivity contribution < 1.29 is 4.74 Å². The molecular weight excluding hydrogens is 617 g/mol. The predicted molar refractivity (Wildman–Crippen MR) is 210 cm³/mol. The van der Waals surface area contributed by atoms with Gasteiger partial charge in [-0.1, -0.05) is 166 Å². The maximum Gasteiger partial charge on any atom is 0.131 e. The maximum atomic E-state index is 6.36. The Morgan fingerprint density at radius 3 is 1.75 bits per heavy atom. The summed E-state index contributed by atoms with van der Waals surface area (Å²) in [6, 6.07) is 62.9. The van der Waals surface area contributed by atoms with Crippen molar-refractivity contribution in [2.75, 3.05) is 0 Å².